The second-order valence-corrected chi connectivity index (χ2v) is 6.60. The van der Waals surface area contributed by atoms with E-state index in [9.17, 15) is 9.59 Å². The first-order chi connectivity index (χ1) is 14.1. The van der Waals surface area contributed by atoms with Crippen LogP contribution in [0.4, 0.5) is 5.69 Å². The number of β-amino-alcohol motifs (C(OH)–C–C–N with tert-alkyl or cyclic N) is 1. The molecule has 8 heteroatoms. The topological polar surface area (TPSA) is 108 Å². The molecule has 0 saturated heterocycles. The maximum atomic E-state index is 12.7. The van der Waals surface area contributed by atoms with E-state index in [1.54, 1.807) is 6.07 Å². The van der Waals surface area contributed by atoms with Crippen molar-refractivity contribution in [3.63, 3.8) is 0 Å². The summed E-state index contributed by atoms with van der Waals surface area (Å²) >= 11 is 0. The summed E-state index contributed by atoms with van der Waals surface area (Å²) in [6, 6.07) is 15.1. The second kappa shape index (κ2) is 7.76. The molecule has 2 heterocycles. The number of aromatic nitrogens is 2. The molecule has 8 nitrogen and oxygen atoms in total. The molecule has 148 valence electrons. The van der Waals surface area contributed by atoms with Gasteiger partial charge in [-0.1, -0.05) is 24.3 Å². The largest absolute Gasteiger partial charge is 0.466 e. The number of methoxy groups -OCH3 is 1. The fourth-order valence-electron chi connectivity index (χ4n) is 3.33. The minimum Gasteiger partial charge on any atom is -0.466 e. The predicted octanol–water partition coefficient (Wildman–Crippen LogP) is 1.90. The Morgan fingerprint density at radius 3 is 2.86 bits per heavy atom. The molecule has 29 heavy (non-hydrogen) atoms. The van der Waals surface area contributed by atoms with E-state index >= 15 is 0 Å². The number of carbonyl (C=O) groups is 2. The van der Waals surface area contributed by atoms with Crippen molar-refractivity contribution in [1.82, 2.24) is 14.9 Å². The molecule has 1 aromatic heterocycles. The molecule has 0 atom stereocenters. The normalized spacial score (nSPS) is 14.0. The number of aromatic amines is 1. The molecular formula is C21H20N4O4. The van der Waals surface area contributed by atoms with Gasteiger partial charge in [0.1, 0.15) is 11.5 Å². The summed E-state index contributed by atoms with van der Waals surface area (Å²) in [6.45, 7) is 0.0518. The Labute approximate surface area is 166 Å². The number of H-pyrrole nitrogens is 1. The van der Waals surface area contributed by atoms with Crippen LogP contribution in [-0.2, 0) is 14.3 Å². The third-order valence-corrected chi connectivity index (χ3v) is 4.75. The van der Waals surface area contributed by atoms with E-state index in [-0.39, 0.29) is 36.9 Å². The quantitative estimate of drug-likeness (QED) is 0.553. The number of hydrogen-bond donors (Lipinski definition) is 3. The van der Waals surface area contributed by atoms with Crippen molar-refractivity contribution >= 4 is 28.6 Å². The van der Waals surface area contributed by atoms with Gasteiger partial charge in [0.05, 0.1) is 36.9 Å². The molecule has 0 aliphatic carbocycles. The minimum atomic E-state index is -0.574. The Morgan fingerprint density at radius 2 is 2.10 bits per heavy atom. The molecule has 1 aliphatic rings. The lowest BCUT2D eigenvalue weighted by Gasteiger charge is -2.15. The van der Waals surface area contributed by atoms with Crippen LogP contribution in [0.25, 0.3) is 22.4 Å². The summed E-state index contributed by atoms with van der Waals surface area (Å²) in [5.41, 5.74) is 3.67. The number of imidazole rings is 1. The summed E-state index contributed by atoms with van der Waals surface area (Å²) in [4.78, 5) is 34.1. The van der Waals surface area contributed by atoms with E-state index in [1.165, 1.54) is 12.0 Å². The zero-order valence-electron chi connectivity index (χ0n) is 15.8. The highest BCUT2D eigenvalue weighted by atomic mass is 16.5. The maximum Gasteiger partial charge on any atom is 0.337 e. The third kappa shape index (κ3) is 3.57. The lowest BCUT2D eigenvalue weighted by Crippen LogP contribution is -2.31. The summed E-state index contributed by atoms with van der Waals surface area (Å²) in [5, 5.41) is 12.2. The monoisotopic (exact) mass is 392 g/mol. The Hall–Kier alpha value is -3.65. The SMILES string of the molecule is COC(=O)C1=C(Nc2cccc(-c3nc4ccccc4[nH]3)c2)C(=O)N(CCO)C1. The molecular weight excluding hydrogens is 372 g/mol. The van der Waals surface area contributed by atoms with Gasteiger partial charge in [-0.25, -0.2) is 9.78 Å². The van der Waals surface area contributed by atoms with E-state index in [1.807, 2.05) is 42.5 Å². The summed E-state index contributed by atoms with van der Waals surface area (Å²) in [5.74, 6) is -0.222. The lowest BCUT2D eigenvalue weighted by molar-refractivity contribution is -0.136. The zero-order valence-corrected chi connectivity index (χ0v) is 15.8. The van der Waals surface area contributed by atoms with Crippen molar-refractivity contribution in [2.45, 2.75) is 0 Å². The fourth-order valence-corrected chi connectivity index (χ4v) is 3.33. The van der Waals surface area contributed by atoms with E-state index < -0.39 is 5.97 Å². The Kier molecular flexibility index (Phi) is 5.01. The average molecular weight is 392 g/mol. The first-order valence-electron chi connectivity index (χ1n) is 9.14. The van der Waals surface area contributed by atoms with Gasteiger partial charge in [0, 0.05) is 17.8 Å². The summed E-state index contributed by atoms with van der Waals surface area (Å²) in [7, 11) is 1.27. The van der Waals surface area contributed by atoms with E-state index in [2.05, 4.69) is 15.3 Å². The van der Waals surface area contributed by atoms with E-state index in [0.717, 1.165) is 16.6 Å². The second-order valence-electron chi connectivity index (χ2n) is 6.60. The number of benzene rings is 2. The molecule has 3 aromatic rings. The highest BCUT2D eigenvalue weighted by Crippen LogP contribution is 2.26. The van der Waals surface area contributed by atoms with Gasteiger partial charge in [0.2, 0.25) is 0 Å². The fraction of sp³-hybridized carbons (Fsp3) is 0.190. The van der Waals surface area contributed by atoms with Crippen molar-refractivity contribution < 1.29 is 19.4 Å². The van der Waals surface area contributed by atoms with Gasteiger partial charge in [-0.2, -0.15) is 0 Å². The zero-order chi connectivity index (χ0) is 20.4. The van der Waals surface area contributed by atoms with Crippen molar-refractivity contribution in [3.8, 4) is 11.4 Å². The molecule has 0 spiro atoms. The van der Waals surface area contributed by atoms with Crippen LogP contribution in [0, 0.1) is 0 Å². The Bertz CT molecular complexity index is 1090. The number of fused-ring (bicyclic) bond motifs is 1. The first kappa shape index (κ1) is 18.7. The number of anilines is 1. The molecule has 0 radical (unpaired) electrons. The van der Waals surface area contributed by atoms with Crippen LogP contribution in [0.3, 0.4) is 0 Å². The lowest BCUT2D eigenvalue weighted by atomic mass is 10.1. The molecule has 1 aliphatic heterocycles. The number of rotatable bonds is 6. The molecule has 0 saturated carbocycles. The van der Waals surface area contributed by atoms with Crippen molar-refractivity contribution in [1.29, 1.82) is 0 Å². The number of para-hydroxylation sites is 2. The van der Waals surface area contributed by atoms with Gasteiger partial charge in [-0.3, -0.25) is 4.79 Å². The Balaban J connectivity index is 1.65. The number of ether oxygens (including phenoxy) is 1. The number of hydrogen-bond acceptors (Lipinski definition) is 6. The average Bonchev–Trinajstić information content (AvgIpc) is 3.31. The number of amides is 1. The van der Waals surface area contributed by atoms with Gasteiger partial charge in [-0.15, -0.1) is 0 Å². The number of carbonyl (C=O) groups excluding carboxylic acids is 2. The van der Waals surface area contributed by atoms with Gasteiger partial charge >= 0.3 is 5.97 Å². The number of aliphatic hydroxyl groups excluding tert-OH is 1. The molecule has 4 rings (SSSR count). The molecule has 2 aromatic carbocycles. The summed E-state index contributed by atoms with van der Waals surface area (Å²) in [6.07, 6.45) is 0. The first-order valence-corrected chi connectivity index (χ1v) is 9.14. The van der Waals surface area contributed by atoms with Gasteiger partial charge in [0.25, 0.3) is 5.91 Å². The van der Waals surface area contributed by atoms with Crippen molar-refractivity contribution in [2.24, 2.45) is 0 Å². The van der Waals surface area contributed by atoms with Crippen LogP contribution in [0.1, 0.15) is 0 Å². The van der Waals surface area contributed by atoms with E-state index in [4.69, 9.17) is 9.84 Å². The summed E-state index contributed by atoms with van der Waals surface area (Å²) < 4.78 is 4.81. The molecule has 3 N–H and O–H groups in total. The number of nitrogens with one attached hydrogen (secondary N) is 2. The van der Waals surface area contributed by atoms with Crippen LogP contribution in [0.5, 0.6) is 0 Å². The third-order valence-electron chi connectivity index (χ3n) is 4.75. The number of esters is 1. The van der Waals surface area contributed by atoms with Crippen LogP contribution >= 0.6 is 0 Å². The minimum absolute atomic E-state index is 0.0949. The predicted molar refractivity (Wildman–Crippen MR) is 108 cm³/mol. The van der Waals surface area contributed by atoms with E-state index in [0.29, 0.717) is 11.5 Å². The van der Waals surface area contributed by atoms with Gasteiger partial charge in [0.15, 0.2) is 0 Å². The molecule has 0 fully saturated rings. The maximum absolute atomic E-state index is 12.7. The highest BCUT2D eigenvalue weighted by Gasteiger charge is 2.34. The van der Waals surface area contributed by atoms with Crippen LogP contribution < -0.4 is 5.32 Å². The highest BCUT2D eigenvalue weighted by molar-refractivity contribution is 6.08. The van der Waals surface area contributed by atoms with Gasteiger partial charge < -0.3 is 25.0 Å². The Morgan fingerprint density at radius 1 is 1.28 bits per heavy atom. The number of aliphatic hydroxyl groups is 1. The smallest absolute Gasteiger partial charge is 0.337 e. The molecule has 1 amide bonds. The molecule has 0 bridgehead atoms. The molecule has 0 unspecified atom stereocenters. The van der Waals surface area contributed by atoms with Crippen LogP contribution in [0.15, 0.2) is 59.8 Å². The standard InChI is InChI=1S/C21H20N4O4/c1-29-21(28)15-12-25(9-10-26)20(27)18(15)22-14-6-4-5-13(11-14)19-23-16-7-2-3-8-17(16)24-19/h2-8,11,22,26H,9-10,12H2,1H3,(H,23,24). The van der Waals surface area contributed by atoms with Crippen molar-refractivity contribution in [3.05, 3.63) is 59.8 Å². The number of nitrogens with zero attached hydrogens (tertiary/aromatic N) is 2. The van der Waals surface area contributed by atoms with Crippen LogP contribution in [-0.4, -0.2) is 58.7 Å². The van der Waals surface area contributed by atoms with Gasteiger partial charge in [-0.05, 0) is 24.3 Å². The van der Waals surface area contributed by atoms with Crippen molar-refractivity contribution in [2.75, 3.05) is 32.1 Å². The van der Waals surface area contributed by atoms with Crippen LogP contribution in [0.2, 0.25) is 0 Å².